The van der Waals surface area contributed by atoms with E-state index < -0.39 is 6.10 Å². The van der Waals surface area contributed by atoms with Crippen molar-refractivity contribution in [3.05, 3.63) is 35.4 Å². The smallest absolute Gasteiger partial charge is 0.315 e. The number of hydrogen-bond acceptors (Lipinski definition) is 3. The van der Waals surface area contributed by atoms with Crippen molar-refractivity contribution in [2.24, 2.45) is 5.41 Å². The summed E-state index contributed by atoms with van der Waals surface area (Å²) in [6.07, 6.45) is -0.574. The van der Waals surface area contributed by atoms with E-state index in [-0.39, 0.29) is 18.0 Å². The van der Waals surface area contributed by atoms with Gasteiger partial charge in [-0.2, -0.15) is 0 Å². The third-order valence-corrected chi connectivity index (χ3v) is 4.31. The third-order valence-electron chi connectivity index (χ3n) is 4.31. The van der Waals surface area contributed by atoms with E-state index in [0.717, 1.165) is 12.1 Å². The molecule has 5 heteroatoms. The molecule has 3 N–H and O–H groups in total. The monoisotopic (exact) mass is 335 g/mol. The average Bonchev–Trinajstić information content (AvgIpc) is 2.50. The third kappa shape index (κ3) is 6.89. The van der Waals surface area contributed by atoms with Gasteiger partial charge in [0.05, 0.1) is 6.10 Å². The molecule has 1 atom stereocenters. The minimum Gasteiger partial charge on any atom is -0.391 e. The summed E-state index contributed by atoms with van der Waals surface area (Å²) in [6.45, 7) is 11.7. The van der Waals surface area contributed by atoms with Gasteiger partial charge in [0.1, 0.15) is 0 Å². The number of nitrogens with one attached hydrogen (secondary N) is 2. The molecule has 1 aromatic rings. The molecule has 0 bridgehead atoms. The van der Waals surface area contributed by atoms with Crippen LogP contribution in [0.25, 0.3) is 0 Å². The molecule has 0 aliphatic rings. The van der Waals surface area contributed by atoms with Gasteiger partial charge in [0, 0.05) is 25.7 Å². The molecule has 0 radical (unpaired) electrons. The van der Waals surface area contributed by atoms with Crippen molar-refractivity contribution < 1.29 is 9.90 Å². The Morgan fingerprint density at radius 1 is 1.17 bits per heavy atom. The highest BCUT2D eigenvalue weighted by atomic mass is 16.3. The van der Waals surface area contributed by atoms with Gasteiger partial charge >= 0.3 is 6.03 Å². The number of carbonyl (C=O) groups is 1. The van der Waals surface area contributed by atoms with Gasteiger partial charge in [0.25, 0.3) is 0 Å². The zero-order chi connectivity index (χ0) is 18.3. The Balaban J connectivity index is 2.54. The quantitative estimate of drug-likeness (QED) is 0.718. The molecule has 0 aliphatic carbocycles. The van der Waals surface area contributed by atoms with Gasteiger partial charge in [-0.3, -0.25) is 4.90 Å². The molecule has 0 saturated carbocycles. The van der Waals surface area contributed by atoms with E-state index in [1.165, 1.54) is 5.56 Å². The van der Waals surface area contributed by atoms with Crippen molar-refractivity contribution in [1.82, 2.24) is 15.5 Å². The first-order valence-electron chi connectivity index (χ1n) is 8.58. The highest BCUT2D eigenvalue weighted by molar-refractivity contribution is 5.73. The molecular weight excluding hydrogens is 302 g/mol. The van der Waals surface area contributed by atoms with Gasteiger partial charge in [-0.05, 0) is 37.4 Å². The maximum atomic E-state index is 11.9. The highest BCUT2D eigenvalue weighted by Gasteiger charge is 2.22. The lowest BCUT2D eigenvalue weighted by Crippen LogP contribution is -2.43. The molecule has 0 spiro atoms. The van der Waals surface area contributed by atoms with Gasteiger partial charge in [-0.1, -0.05) is 45.0 Å². The molecule has 1 unspecified atom stereocenters. The fourth-order valence-electron chi connectivity index (χ4n) is 2.07. The zero-order valence-electron chi connectivity index (χ0n) is 15.9. The number of benzene rings is 1. The Labute approximate surface area is 146 Å². The largest absolute Gasteiger partial charge is 0.391 e. The number of rotatable bonds is 7. The molecule has 0 heterocycles. The van der Waals surface area contributed by atoms with Crippen LogP contribution in [0.15, 0.2) is 24.3 Å². The Bertz CT molecular complexity index is 524. The molecule has 1 rings (SSSR count). The molecule has 24 heavy (non-hydrogen) atoms. The molecule has 136 valence electrons. The standard InChI is InChI=1S/C19H33N3O2/c1-14(2)22(6)13-16-10-8-7-9-15(16)11-20-18(24)21-12-17(23)19(3,4)5/h7-10,14,17,23H,11-13H2,1-6H3,(H2,20,21,24). The lowest BCUT2D eigenvalue weighted by Gasteiger charge is -2.26. The molecule has 1 aromatic carbocycles. The molecule has 0 aliphatic heterocycles. The topological polar surface area (TPSA) is 64.6 Å². The Morgan fingerprint density at radius 2 is 1.75 bits per heavy atom. The van der Waals surface area contributed by atoms with Gasteiger partial charge < -0.3 is 15.7 Å². The first kappa shape index (κ1) is 20.5. The fraction of sp³-hybridized carbons (Fsp3) is 0.632. The number of aliphatic hydroxyl groups excluding tert-OH is 1. The summed E-state index contributed by atoms with van der Waals surface area (Å²) in [5.41, 5.74) is 2.07. The van der Waals surface area contributed by atoms with Crippen LogP contribution >= 0.6 is 0 Å². The van der Waals surface area contributed by atoms with E-state index in [4.69, 9.17) is 0 Å². The maximum absolute atomic E-state index is 11.9. The highest BCUT2D eigenvalue weighted by Crippen LogP contribution is 2.18. The van der Waals surface area contributed by atoms with Crippen LogP contribution in [0.2, 0.25) is 0 Å². The zero-order valence-corrected chi connectivity index (χ0v) is 15.9. The first-order valence-corrected chi connectivity index (χ1v) is 8.58. The first-order chi connectivity index (χ1) is 11.1. The summed E-state index contributed by atoms with van der Waals surface area (Å²) in [6, 6.07) is 8.34. The number of aliphatic hydroxyl groups is 1. The summed E-state index contributed by atoms with van der Waals surface area (Å²) in [5, 5.41) is 15.6. The minimum absolute atomic E-state index is 0.243. The SMILES string of the molecule is CC(C)N(C)Cc1ccccc1CNC(=O)NCC(O)C(C)(C)C. The van der Waals surface area contributed by atoms with Crippen LogP contribution in [0, 0.1) is 5.41 Å². The van der Waals surface area contributed by atoms with Crippen molar-refractivity contribution in [1.29, 1.82) is 0 Å². The second-order valence-corrected chi connectivity index (χ2v) is 7.72. The van der Waals surface area contributed by atoms with Crippen LogP contribution in [0.3, 0.4) is 0 Å². The number of amides is 2. The molecule has 5 nitrogen and oxygen atoms in total. The van der Waals surface area contributed by atoms with Crippen molar-refractivity contribution in [3.63, 3.8) is 0 Å². The van der Waals surface area contributed by atoms with Crippen LogP contribution in [0.1, 0.15) is 45.7 Å². The number of nitrogens with zero attached hydrogens (tertiary/aromatic N) is 1. The van der Waals surface area contributed by atoms with Crippen molar-refractivity contribution in [2.45, 2.75) is 59.9 Å². The van der Waals surface area contributed by atoms with Gasteiger partial charge in [0.2, 0.25) is 0 Å². The molecule has 0 fully saturated rings. The van der Waals surface area contributed by atoms with Crippen molar-refractivity contribution >= 4 is 6.03 Å². The Hall–Kier alpha value is -1.59. The summed E-state index contributed by atoms with van der Waals surface area (Å²) in [5.74, 6) is 0. The van der Waals surface area contributed by atoms with E-state index in [0.29, 0.717) is 12.6 Å². The second kappa shape index (κ2) is 9.04. The van der Waals surface area contributed by atoms with E-state index in [1.807, 2.05) is 39.0 Å². The summed E-state index contributed by atoms with van der Waals surface area (Å²) >= 11 is 0. The van der Waals surface area contributed by atoms with E-state index >= 15 is 0 Å². The van der Waals surface area contributed by atoms with E-state index in [1.54, 1.807) is 0 Å². The molecule has 2 amide bonds. The average molecular weight is 335 g/mol. The van der Waals surface area contributed by atoms with Crippen LogP contribution in [0.5, 0.6) is 0 Å². The summed E-state index contributed by atoms with van der Waals surface area (Å²) < 4.78 is 0. The normalized spacial score (nSPS) is 13.2. The van der Waals surface area contributed by atoms with Crippen LogP contribution < -0.4 is 10.6 Å². The lowest BCUT2D eigenvalue weighted by atomic mass is 9.89. The molecule has 0 saturated heterocycles. The molecular formula is C19H33N3O2. The fourth-order valence-corrected chi connectivity index (χ4v) is 2.07. The molecule has 0 aromatic heterocycles. The number of carbonyl (C=O) groups excluding carboxylic acids is 1. The predicted molar refractivity (Wildman–Crippen MR) is 98.7 cm³/mol. The number of urea groups is 1. The van der Waals surface area contributed by atoms with E-state index in [9.17, 15) is 9.90 Å². The van der Waals surface area contributed by atoms with Crippen LogP contribution in [-0.2, 0) is 13.1 Å². The Morgan fingerprint density at radius 3 is 2.29 bits per heavy atom. The maximum Gasteiger partial charge on any atom is 0.315 e. The van der Waals surface area contributed by atoms with E-state index in [2.05, 4.69) is 42.5 Å². The predicted octanol–water partition coefficient (Wildman–Crippen LogP) is 2.73. The Kier molecular flexibility index (Phi) is 7.70. The summed E-state index contributed by atoms with van der Waals surface area (Å²) in [4.78, 5) is 14.2. The van der Waals surface area contributed by atoms with Crippen LogP contribution in [0.4, 0.5) is 4.79 Å². The van der Waals surface area contributed by atoms with Crippen LogP contribution in [-0.4, -0.2) is 41.8 Å². The van der Waals surface area contributed by atoms with Gasteiger partial charge in [-0.25, -0.2) is 4.79 Å². The second-order valence-electron chi connectivity index (χ2n) is 7.72. The van der Waals surface area contributed by atoms with Gasteiger partial charge in [-0.15, -0.1) is 0 Å². The minimum atomic E-state index is -0.574. The summed E-state index contributed by atoms with van der Waals surface area (Å²) in [7, 11) is 2.09. The lowest BCUT2D eigenvalue weighted by molar-refractivity contribution is 0.0650. The van der Waals surface area contributed by atoms with Gasteiger partial charge in [0.15, 0.2) is 0 Å². The van der Waals surface area contributed by atoms with Crippen molar-refractivity contribution in [3.8, 4) is 0 Å². The van der Waals surface area contributed by atoms with Crippen molar-refractivity contribution in [2.75, 3.05) is 13.6 Å². The number of hydrogen-bond donors (Lipinski definition) is 3.